The summed E-state index contributed by atoms with van der Waals surface area (Å²) in [6.07, 6.45) is -0.776. The predicted octanol–water partition coefficient (Wildman–Crippen LogP) is 2.38. The van der Waals surface area contributed by atoms with E-state index in [4.69, 9.17) is 25.8 Å². The predicted molar refractivity (Wildman–Crippen MR) is 65.3 cm³/mol. The van der Waals surface area contributed by atoms with Crippen LogP contribution in [0.3, 0.4) is 0 Å². The first-order chi connectivity index (χ1) is 8.19. The number of benzene rings is 1. The van der Waals surface area contributed by atoms with Gasteiger partial charge in [-0.3, -0.25) is 5.43 Å². The minimum absolute atomic E-state index is 0.218. The maximum atomic E-state index is 5.87. The molecule has 0 aliphatic carbocycles. The zero-order chi connectivity index (χ0) is 12.3. The van der Waals surface area contributed by atoms with Gasteiger partial charge in [0.05, 0.1) is 12.8 Å². The quantitative estimate of drug-likeness (QED) is 0.664. The summed E-state index contributed by atoms with van der Waals surface area (Å²) < 4.78 is 15.4. The van der Waals surface area contributed by atoms with Crippen LogP contribution in [0.5, 0.6) is 5.75 Å². The summed E-state index contributed by atoms with van der Waals surface area (Å²) in [6, 6.07) is 7.31. The van der Waals surface area contributed by atoms with E-state index in [9.17, 15) is 0 Å². The van der Waals surface area contributed by atoms with Gasteiger partial charge in [-0.25, -0.2) is 0 Å². The molecule has 2 rings (SSSR count). The Morgan fingerprint density at radius 3 is 2.53 bits per heavy atom. The van der Waals surface area contributed by atoms with Gasteiger partial charge in [0.1, 0.15) is 5.75 Å². The molecule has 0 aromatic heterocycles. The van der Waals surface area contributed by atoms with Crippen LogP contribution in [-0.2, 0) is 9.47 Å². The number of nitrogens with zero attached hydrogens (tertiary/aromatic N) is 1. The average Bonchev–Trinajstić information content (AvgIpc) is 2.32. The number of hydrogen-bond donors (Lipinski definition) is 1. The minimum atomic E-state index is -0.558. The van der Waals surface area contributed by atoms with Crippen LogP contribution in [0, 0.1) is 0 Å². The highest BCUT2D eigenvalue weighted by Crippen LogP contribution is 2.20. The minimum Gasteiger partial charge on any atom is -0.497 e. The lowest BCUT2D eigenvalue weighted by Gasteiger charge is -2.32. The molecule has 0 saturated carbocycles. The lowest BCUT2D eigenvalue weighted by Crippen LogP contribution is -2.42. The monoisotopic (exact) mass is 256 g/mol. The Hall–Kier alpha value is -1.30. The van der Waals surface area contributed by atoms with Crippen LogP contribution in [0.25, 0.3) is 0 Å². The summed E-state index contributed by atoms with van der Waals surface area (Å²) >= 11 is 5.87. The van der Waals surface area contributed by atoms with Crippen molar-refractivity contribution in [1.82, 2.24) is 0 Å². The topological polar surface area (TPSA) is 52.1 Å². The Bertz CT molecular complexity index is 402. The molecule has 92 valence electrons. The number of halogens is 1. The van der Waals surface area contributed by atoms with E-state index in [-0.39, 0.29) is 11.5 Å². The molecule has 17 heavy (non-hydrogen) atoms. The molecule has 1 fully saturated rings. The third-order valence-corrected chi connectivity index (χ3v) is 2.47. The van der Waals surface area contributed by atoms with E-state index < -0.39 is 6.29 Å². The molecule has 1 aromatic rings. The molecule has 6 heteroatoms. The van der Waals surface area contributed by atoms with Crippen molar-refractivity contribution >= 4 is 22.5 Å². The zero-order valence-corrected chi connectivity index (χ0v) is 10.3. The molecule has 0 unspecified atom stereocenters. The molecular formula is C11H13ClN2O3. The summed E-state index contributed by atoms with van der Waals surface area (Å²) in [5.41, 5.74) is 3.60. The van der Waals surface area contributed by atoms with E-state index in [2.05, 4.69) is 10.5 Å². The number of nitrogens with one attached hydrogen (secondary N) is 1. The summed E-state index contributed by atoms with van der Waals surface area (Å²) in [6.45, 7) is 1.79. The molecule has 1 heterocycles. The molecule has 1 N–H and O–H groups in total. The maximum Gasteiger partial charge on any atom is 0.219 e. The maximum absolute atomic E-state index is 5.87. The zero-order valence-electron chi connectivity index (χ0n) is 9.51. The Labute approximate surface area is 104 Å². The van der Waals surface area contributed by atoms with Gasteiger partial charge < -0.3 is 14.2 Å². The third-order valence-electron chi connectivity index (χ3n) is 2.21. The summed E-state index contributed by atoms with van der Waals surface area (Å²) in [4.78, 5) is 0. The molecule has 5 nitrogen and oxygen atoms in total. The van der Waals surface area contributed by atoms with Crippen molar-refractivity contribution in [3.05, 3.63) is 24.3 Å². The van der Waals surface area contributed by atoms with Crippen LogP contribution in [0.4, 0.5) is 5.69 Å². The Balaban J connectivity index is 1.89. The summed E-state index contributed by atoms with van der Waals surface area (Å²) in [7, 11) is 1.61. The first-order valence-electron chi connectivity index (χ1n) is 5.13. The highest BCUT2D eigenvalue weighted by atomic mass is 35.5. The van der Waals surface area contributed by atoms with E-state index in [0.717, 1.165) is 11.4 Å². The SMILES string of the molecule is COc1ccc(N/N=C(\Cl)C2OC(C)O2)cc1. The van der Waals surface area contributed by atoms with E-state index in [1.165, 1.54) is 0 Å². The van der Waals surface area contributed by atoms with E-state index in [1.807, 2.05) is 24.3 Å². The highest BCUT2D eigenvalue weighted by Gasteiger charge is 2.30. The summed E-state index contributed by atoms with van der Waals surface area (Å²) in [5.74, 6) is 0.783. The van der Waals surface area contributed by atoms with Crippen molar-refractivity contribution < 1.29 is 14.2 Å². The molecule has 1 aliphatic rings. The average molecular weight is 257 g/mol. The van der Waals surface area contributed by atoms with Crippen molar-refractivity contribution in [2.75, 3.05) is 12.5 Å². The fourth-order valence-corrected chi connectivity index (χ4v) is 1.45. The molecule has 0 spiro atoms. The van der Waals surface area contributed by atoms with Gasteiger partial charge in [0.25, 0.3) is 0 Å². The van der Waals surface area contributed by atoms with Gasteiger partial charge >= 0.3 is 0 Å². The molecular weight excluding hydrogens is 244 g/mol. The van der Waals surface area contributed by atoms with Crippen molar-refractivity contribution in [3.63, 3.8) is 0 Å². The van der Waals surface area contributed by atoms with Crippen LogP contribution in [-0.4, -0.2) is 24.9 Å². The first kappa shape index (κ1) is 12.2. The van der Waals surface area contributed by atoms with Crippen LogP contribution < -0.4 is 10.2 Å². The standard InChI is InChI=1S/C11H13ClN2O3/c1-7-16-11(17-7)10(12)14-13-8-3-5-9(15-2)6-4-8/h3-7,11,13H,1-2H3/b14-10-. The number of anilines is 1. The fraction of sp³-hybridized carbons (Fsp3) is 0.364. The van der Waals surface area contributed by atoms with Gasteiger partial charge in [-0.1, -0.05) is 11.6 Å². The largest absolute Gasteiger partial charge is 0.497 e. The van der Waals surface area contributed by atoms with Gasteiger partial charge in [-0.2, -0.15) is 5.10 Å². The molecule has 0 radical (unpaired) electrons. The van der Waals surface area contributed by atoms with Gasteiger partial charge in [-0.15, -0.1) is 0 Å². The second-order valence-corrected chi connectivity index (χ2v) is 3.83. The summed E-state index contributed by atoms with van der Waals surface area (Å²) in [5, 5.41) is 4.18. The van der Waals surface area contributed by atoms with Gasteiger partial charge in [0, 0.05) is 0 Å². The normalized spacial score (nSPS) is 24.1. The second kappa shape index (κ2) is 5.35. The smallest absolute Gasteiger partial charge is 0.219 e. The van der Waals surface area contributed by atoms with E-state index in [1.54, 1.807) is 14.0 Å². The van der Waals surface area contributed by atoms with Crippen molar-refractivity contribution in [2.45, 2.75) is 19.5 Å². The lowest BCUT2D eigenvalue weighted by atomic mass is 10.3. The van der Waals surface area contributed by atoms with Crippen LogP contribution in [0.2, 0.25) is 0 Å². The number of rotatable bonds is 4. The number of hydrogen-bond acceptors (Lipinski definition) is 5. The molecule has 0 amide bonds. The van der Waals surface area contributed by atoms with Gasteiger partial charge in [-0.05, 0) is 31.2 Å². The fourth-order valence-electron chi connectivity index (χ4n) is 1.31. The molecule has 0 atom stereocenters. The van der Waals surface area contributed by atoms with Crippen LogP contribution >= 0.6 is 11.6 Å². The van der Waals surface area contributed by atoms with E-state index >= 15 is 0 Å². The van der Waals surface area contributed by atoms with Crippen LogP contribution in [0.1, 0.15) is 6.92 Å². The molecule has 1 aliphatic heterocycles. The third kappa shape index (κ3) is 3.09. The molecule has 0 bridgehead atoms. The highest BCUT2D eigenvalue weighted by molar-refractivity contribution is 6.66. The van der Waals surface area contributed by atoms with Crippen molar-refractivity contribution in [3.8, 4) is 5.75 Å². The number of ether oxygens (including phenoxy) is 3. The molecule has 1 aromatic carbocycles. The van der Waals surface area contributed by atoms with E-state index in [0.29, 0.717) is 0 Å². The first-order valence-corrected chi connectivity index (χ1v) is 5.51. The number of methoxy groups -OCH3 is 1. The van der Waals surface area contributed by atoms with Crippen molar-refractivity contribution in [1.29, 1.82) is 0 Å². The Kier molecular flexibility index (Phi) is 3.83. The Morgan fingerprint density at radius 1 is 1.35 bits per heavy atom. The molecule has 1 saturated heterocycles. The van der Waals surface area contributed by atoms with Crippen LogP contribution in [0.15, 0.2) is 29.4 Å². The Morgan fingerprint density at radius 2 is 2.00 bits per heavy atom. The van der Waals surface area contributed by atoms with Crippen molar-refractivity contribution in [2.24, 2.45) is 5.10 Å². The second-order valence-electron chi connectivity index (χ2n) is 3.45. The lowest BCUT2D eigenvalue weighted by molar-refractivity contribution is -0.343. The van der Waals surface area contributed by atoms with Gasteiger partial charge in [0.15, 0.2) is 11.5 Å². The van der Waals surface area contributed by atoms with Gasteiger partial charge in [0.2, 0.25) is 6.29 Å². The number of hydrazone groups is 1.